The molecular formula is C28H38BrN7. The van der Waals surface area contributed by atoms with Gasteiger partial charge in [-0.1, -0.05) is 54.0 Å². The number of aromatic nitrogens is 1. The van der Waals surface area contributed by atoms with Gasteiger partial charge in [0.2, 0.25) is 0 Å². The fraction of sp³-hybridized carbons (Fsp3) is 0.429. The number of rotatable bonds is 12. The highest BCUT2D eigenvalue weighted by Crippen LogP contribution is 2.23. The molecule has 0 aliphatic carbocycles. The molecule has 1 unspecified atom stereocenters. The van der Waals surface area contributed by atoms with E-state index in [-0.39, 0.29) is 0 Å². The molecule has 8 heteroatoms. The summed E-state index contributed by atoms with van der Waals surface area (Å²) >= 11 is 3.40. The molecular weight excluding hydrogens is 514 g/mol. The SMILES string of the molecule is C=NCN(/N=C\CBr)/C(=C\CC1CCCN(Cc2ccccc2C#N)C1)NCc1cccnc1.CC. The Morgan fingerprint density at radius 1 is 1.33 bits per heavy atom. The number of nitrogens with one attached hydrogen (secondary N) is 1. The van der Waals surface area contributed by atoms with E-state index in [1.807, 2.05) is 55.4 Å². The molecule has 0 spiro atoms. The molecule has 1 atom stereocenters. The predicted molar refractivity (Wildman–Crippen MR) is 153 cm³/mol. The average molecular weight is 553 g/mol. The Kier molecular flexibility index (Phi) is 14.1. The first-order chi connectivity index (χ1) is 17.7. The third-order valence-corrected chi connectivity index (χ3v) is 6.07. The number of halogens is 1. The Bertz CT molecular complexity index is 1000. The maximum Gasteiger partial charge on any atom is 0.132 e. The lowest BCUT2D eigenvalue weighted by atomic mass is 9.94. The van der Waals surface area contributed by atoms with Crippen molar-refractivity contribution in [3.8, 4) is 6.07 Å². The van der Waals surface area contributed by atoms with Gasteiger partial charge < -0.3 is 5.32 Å². The van der Waals surface area contributed by atoms with Crippen LogP contribution in [0.3, 0.4) is 0 Å². The van der Waals surface area contributed by atoms with Gasteiger partial charge in [-0.05, 0) is 67.8 Å². The number of hydrazone groups is 1. The van der Waals surface area contributed by atoms with Crippen LogP contribution in [0.5, 0.6) is 0 Å². The van der Waals surface area contributed by atoms with E-state index in [9.17, 15) is 5.26 Å². The predicted octanol–water partition coefficient (Wildman–Crippen LogP) is 5.55. The van der Waals surface area contributed by atoms with Gasteiger partial charge in [0.15, 0.2) is 0 Å². The van der Waals surface area contributed by atoms with Gasteiger partial charge >= 0.3 is 0 Å². The lowest BCUT2D eigenvalue weighted by Gasteiger charge is -2.33. The van der Waals surface area contributed by atoms with Crippen LogP contribution < -0.4 is 5.32 Å². The highest BCUT2D eigenvalue weighted by Gasteiger charge is 2.20. The number of allylic oxidation sites excluding steroid dienone is 1. The number of alkyl halides is 1. The summed E-state index contributed by atoms with van der Waals surface area (Å²) in [4.78, 5) is 10.7. The number of nitriles is 1. The summed E-state index contributed by atoms with van der Waals surface area (Å²) in [5.74, 6) is 1.46. The minimum atomic E-state index is 0.372. The molecule has 3 rings (SSSR count). The molecule has 7 nitrogen and oxygen atoms in total. The standard InChI is InChI=1S/C26H32BrN7.C2H6/c1-29-21-34(32-14-12-27)26(31-18-23-6-4-13-30-17-23)11-10-22-7-5-15-33(19-22)20-25-9-3-2-8-24(25)16-28;1-2/h2-4,6,8-9,11,13-14,17,22,31H,1,5,7,10,12,15,18-21H2;1-2H3/b26-11-,32-14-;. The van der Waals surface area contributed by atoms with Crippen LogP contribution in [0.1, 0.15) is 49.8 Å². The van der Waals surface area contributed by atoms with E-state index < -0.39 is 0 Å². The number of hydrogen-bond acceptors (Lipinski definition) is 7. The summed E-state index contributed by atoms with van der Waals surface area (Å²) in [7, 11) is 0. The van der Waals surface area contributed by atoms with Gasteiger partial charge in [-0.15, -0.1) is 0 Å². The number of benzene rings is 1. The van der Waals surface area contributed by atoms with E-state index in [1.54, 1.807) is 12.4 Å². The van der Waals surface area contributed by atoms with Crippen molar-refractivity contribution in [2.24, 2.45) is 16.0 Å². The first-order valence-electron chi connectivity index (χ1n) is 12.5. The Morgan fingerprint density at radius 3 is 2.89 bits per heavy atom. The minimum Gasteiger partial charge on any atom is -0.366 e. The number of pyridine rings is 1. The number of hydrogen-bond donors (Lipinski definition) is 1. The van der Waals surface area contributed by atoms with Crippen molar-refractivity contribution >= 4 is 28.9 Å². The molecule has 0 radical (unpaired) electrons. The molecule has 1 N–H and O–H groups in total. The van der Waals surface area contributed by atoms with Crippen molar-refractivity contribution in [1.82, 2.24) is 20.2 Å². The smallest absolute Gasteiger partial charge is 0.132 e. The molecule has 0 bridgehead atoms. The zero-order chi connectivity index (χ0) is 26.0. The first-order valence-corrected chi connectivity index (χ1v) is 13.7. The molecule has 1 fully saturated rings. The average Bonchev–Trinajstić information content (AvgIpc) is 2.93. The number of aliphatic imine (C=N–C) groups is 1. The van der Waals surface area contributed by atoms with Crippen molar-refractivity contribution in [3.63, 3.8) is 0 Å². The van der Waals surface area contributed by atoms with E-state index in [0.717, 1.165) is 55.0 Å². The fourth-order valence-electron chi connectivity index (χ4n) is 4.14. The minimum absolute atomic E-state index is 0.372. The van der Waals surface area contributed by atoms with Crippen LogP contribution in [0.25, 0.3) is 0 Å². The van der Waals surface area contributed by atoms with Crippen LogP contribution in [0.2, 0.25) is 0 Å². The van der Waals surface area contributed by atoms with Crippen molar-refractivity contribution < 1.29 is 0 Å². The van der Waals surface area contributed by atoms with Gasteiger partial charge in [0, 0.05) is 43.6 Å². The third-order valence-electron chi connectivity index (χ3n) is 5.78. The summed E-state index contributed by atoms with van der Waals surface area (Å²) in [6, 6.07) is 14.2. The number of nitrogens with zero attached hydrogens (tertiary/aromatic N) is 6. The fourth-order valence-corrected chi connectivity index (χ4v) is 4.27. The van der Waals surface area contributed by atoms with Gasteiger partial charge in [-0.3, -0.25) is 14.9 Å². The van der Waals surface area contributed by atoms with Crippen LogP contribution in [-0.4, -0.2) is 52.9 Å². The molecule has 192 valence electrons. The van der Waals surface area contributed by atoms with Gasteiger partial charge in [0.25, 0.3) is 0 Å². The molecule has 1 aliphatic rings. The highest BCUT2D eigenvalue weighted by atomic mass is 79.9. The lowest BCUT2D eigenvalue weighted by Crippen LogP contribution is -2.35. The summed E-state index contributed by atoms with van der Waals surface area (Å²) in [5, 5.41) is 20.0. The highest BCUT2D eigenvalue weighted by molar-refractivity contribution is 9.09. The van der Waals surface area contributed by atoms with E-state index in [4.69, 9.17) is 0 Å². The molecule has 0 saturated carbocycles. The topological polar surface area (TPSA) is 79.9 Å². The molecule has 1 aromatic heterocycles. The molecule has 2 aromatic rings. The van der Waals surface area contributed by atoms with Crippen LogP contribution in [0.4, 0.5) is 0 Å². The molecule has 1 saturated heterocycles. The van der Waals surface area contributed by atoms with E-state index in [2.05, 4.69) is 66.2 Å². The second-order valence-corrected chi connectivity index (χ2v) is 8.92. The van der Waals surface area contributed by atoms with E-state index in [1.165, 1.54) is 6.42 Å². The van der Waals surface area contributed by atoms with Crippen LogP contribution in [-0.2, 0) is 13.1 Å². The maximum atomic E-state index is 9.42. The van der Waals surface area contributed by atoms with Gasteiger partial charge in [0.1, 0.15) is 12.5 Å². The molecule has 0 amide bonds. The van der Waals surface area contributed by atoms with Gasteiger partial charge in [-0.25, -0.2) is 5.01 Å². The van der Waals surface area contributed by atoms with Gasteiger partial charge in [-0.2, -0.15) is 10.4 Å². The summed E-state index contributed by atoms with van der Waals surface area (Å²) in [6.07, 6.45) is 10.9. The number of likely N-dealkylation sites (tertiary alicyclic amines) is 1. The van der Waals surface area contributed by atoms with Crippen LogP contribution >= 0.6 is 15.9 Å². The molecule has 1 aliphatic heterocycles. The molecule has 36 heavy (non-hydrogen) atoms. The largest absolute Gasteiger partial charge is 0.366 e. The van der Waals surface area contributed by atoms with Crippen molar-refractivity contribution in [2.45, 2.75) is 46.2 Å². The zero-order valence-corrected chi connectivity index (χ0v) is 23.1. The zero-order valence-electron chi connectivity index (χ0n) is 21.5. The Hall–Kier alpha value is -3.02. The molecule has 2 heterocycles. The van der Waals surface area contributed by atoms with E-state index >= 15 is 0 Å². The Labute approximate surface area is 224 Å². The monoisotopic (exact) mass is 551 g/mol. The van der Waals surface area contributed by atoms with E-state index in [0.29, 0.717) is 24.5 Å². The van der Waals surface area contributed by atoms with Gasteiger partial charge in [0.05, 0.1) is 11.6 Å². The summed E-state index contributed by atoms with van der Waals surface area (Å²) in [6.45, 7) is 11.6. The quantitative estimate of drug-likeness (QED) is 0.212. The Morgan fingerprint density at radius 2 is 2.17 bits per heavy atom. The molecule has 1 aromatic carbocycles. The lowest BCUT2D eigenvalue weighted by molar-refractivity contribution is 0.167. The Balaban J connectivity index is 0.00000222. The summed E-state index contributed by atoms with van der Waals surface area (Å²) in [5.41, 5.74) is 2.97. The second kappa shape index (κ2) is 17.4. The summed E-state index contributed by atoms with van der Waals surface area (Å²) < 4.78 is 0. The van der Waals surface area contributed by atoms with Crippen LogP contribution in [0, 0.1) is 17.2 Å². The normalized spacial score (nSPS) is 16.1. The maximum absolute atomic E-state index is 9.42. The second-order valence-electron chi connectivity index (χ2n) is 8.27. The first kappa shape index (κ1) is 29.2. The third kappa shape index (κ3) is 9.92. The van der Waals surface area contributed by atoms with Crippen molar-refractivity contribution in [2.75, 3.05) is 25.1 Å². The van der Waals surface area contributed by atoms with Crippen LogP contribution in [0.15, 0.2) is 70.8 Å². The van der Waals surface area contributed by atoms with Crippen molar-refractivity contribution in [1.29, 1.82) is 5.26 Å². The van der Waals surface area contributed by atoms with Crippen molar-refractivity contribution in [3.05, 3.63) is 77.4 Å². The number of piperidine rings is 1.